The summed E-state index contributed by atoms with van der Waals surface area (Å²) in [6.07, 6.45) is 3.98. The minimum Gasteiger partial charge on any atom is -0.381 e. The average Bonchev–Trinajstić information content (AvgIpc) is 2.86. The van der Waals surface area contributed by atoms with Gasteiger partial charge in [0.15, 0.2) is 0 Å². The van der Waals surface area contributed by atoms with Crippen LogP contribution < -0.4 is 0 Å². The maximum absolute atomic E-state index is 5.65. The molecule has 0 bridgehead atoms. The molecule has 1 aliphatic heterocycles. The molecule has 0 radical (unpaired) electrons. The van der Waals surface area contributed by atoms with Gasteiger partial charge in [0.2, 0.25) is 0 Å². The van der Waals surface area contributed by atoms with E-state index in [9.17, 15) is 0 Å². The van der Waals surface area contributed by atoms with Crippen LogP contribution in [0.3, 0.4) is 0 Å². The summed E-state index contributed by atoms with van der Waals surface area (Å²) in [6.45, 7) is 6.30. The second kappa shape index (κ2) is 6.37. The highest BCUT2D eigenvalue weighted by Gasteiger charge is 2.28. The molecule has 0 aromatic carbocycles. The van der Waals surface area contributed by atoms with Crippen molar-refractivity contribution in [1.82, 2.24) is 19.7 Å². The van der Waals surface area contributed by atoms with Crippen LogP contribution in [0.4, 0.5) is 0 Å². The van der Waals surface area contributed by atoms with Crippen LogP contribution in [0.2, 0.25) is 0 Å². The summed E-state index contributed by atoms with van der Waals surface area (Å²) >= 11 is 0. The monoisotopic (exact) mass is 286 g/mol. The minimum absolute atomic E-state index is 0.346. The van der Waals surface area contributed by atoms with Gasteiger partial charge in [-0.15, -0.1) is 0 Å². The first-order valence-electron chi connectivity index (χ1n) is 7.48. The Morgan fingerprint density at radius 2 is 2.29 bits per heavy atom. The first kappa shape index (κ1) is 14.2. The number of aromatic nitrogens is 3. The first-order chi connectivity index (χ1) is 10.3. The molecule has 2 aromatic heterocycles. The molecule has 3 heterocycles. The van der Waals surface area contributed by atoms with E-state index in [1.54, 1.807) is 0 Å². The molecule has 0 saturated heterocycles. The van der Waals surface area contributed by atoms with Gasteiger partial charge in [-0.3, -0.25) is 14.6 Å². The summed E-state index contributed by atoms with van der Waals surface area (Å²) in [5.41, 5.74) is 3.62. The molecule has 1 aliphatic rings. The van der Waals surface area contributed by atoms with E-state index in [0.29, 0.717) is 5.92 Å². The van der Waals surface area contributed by atoms with Gasteiger partial charge in [0.25, 0.3) is 0 Å². The molecule has 21 heavy (non-hydrogen) atoms. The summed E-state index contributed by atoms with van der Waals surface area (Å²) in [7, 11) is 1.99. The fourth-order valence-corrected chi connectivity index (χ4v) is 2.96. The minimum atomic E-state index is 0.346. The molecule has 0 N–H and O–H groups in total. The van der Waals surface area contributed by atoms with E-state index in [0.717, 1.165) is 38.5 Å². The average molecular weight is 286 g/mol. The number of pyridine rings is 1. The zero-order valence-corrected chi connectivity index (χ0v) is 12.7. The van der Waals surface area contributed by atoms with Crippen LogP contribution in [0.5, 0.6) is 0 Å². The van der Waals surface area contributed by atoms with Crippen molar-refractivity contribution in [1.29, 1.82) is 0 Å². The number of ether oxygens (including phenoxy) is 1. The van der Waals surface area contributed by atoms with E-state index in [1.165, 1.54) is 11.3 Å². The molecular formula is C16H22N4O. The Morgan fingerprint density at radius 1 is 1.38 bits per heavy atom. The first-order valence-corrected chi connectivity index (χ1v) is 7.48. The molecule has 1 unspecified atom stereocenters. The van der Waals surface area contributed by atoms with Gasteiger partial charge in [-0.2, -0.15) is 5.10 Å². The molecular weight excluding hydrogens is 264 g/mol. The Kier molecular flexibility index (Phi) is 4.31. The zero-order valence-electron chi connectivity index (χ0n) is 12.7. The maximum atomic E-state index is 5.65. The van der Waals surface area contributed by atoms with E-state index >= 15 is 0 Å². The number of hydrogen-bond acceptors (Lipinski definition) is 4. The fourth-order valence-electron chi connectivity index (χ4n) is 2.96. The molecule has 0 amide bonds. The molecule has 0 spiro atoms. The van der Waals surface area contributed by atoms with Gasteiger partial charge < -0.3 is 4.74 Å². The molecule has 5 heteroatoms. The third-order valence-electron chi connectivity index (χ3n) is 3.83. The Morgan fingerprint density at radius 3 is 3.05 bits per heavy atom. The van der Waals surface area contributed by atoms with Crippen molar-refractivity contribution in [2.75, 3.05) is 19.8 Å². The standard InChI is InChI=1S/C16H22N4O/c1-3-21-12-14-10-20(11-15-6-4-5-7-17-15)9-13-8-19(2)18-16(13)14/h4-8,14H,3,9-12H2,1-2H3. The number of nitrogens with zero attached hydrogens (tertiary/aromatic N) is 4. The lowest BCUT2D eigenvalue weighted by Gasteiger charge is -2.31. The van der Waals surface area contributed by atoms with Gasteiger partial charge >= 0.3 is 0 Å². The second-order valence-electron chi connectivity index (χ2n) is 5.56. The lowest BCUT2D eigenvalue weighted by molar-refractivity contribution is 0.103. The fraction of sp³-hybridized carbons (Fsp3) is 0.500. The summed E-state index contributed by atoms with van der Waals surface area (Å²) in [5, 5.41) is 4.62. The molecule has 0 aliphatic carbocycles. The van der Waals surface area contributed by atoms with Crippen LogP contribution in [-0.2, 0) is 24.9 Å². The Labute approximate surface area is 125 Å². The molecule has 1 atom stereocenters. The summed E-state index contributed by atoms with van der Waals surface area (Å²) in [6, 6.07) is 6.08. The highest BCUT2D eigenvalue weighted by atomic mass is 16.5. The van der Waals surface area contributed by atoms with Gasteiger partial charge in [-0.1, -0.05) is 6.07 Å². The quantitative estimate of drug-likeness (QED) is 0.842. The number of hydrogen-bond donors (Lipinski definition) is 0. The number of rotatable bonds is 5. The van der Waals surface area contributed by atoms with Gasteiger partial charge in [0.05, 0.1) is 18.0 Å². The lowest BCUT2D eigenvalue weighted by atomic mass is 9.97. The van der Waals surface area contributed by atoms with Crippen LogP contribution in [0.1, 0.15) is 29.8 Å². The van der Waals surface area contributed by atoms with Crippen molar-refractivity contribution in [3.8, 4) is 0 Å². The van der Waals surface area contributed by atoms with E-state index < -0.39 is 0 Å². The molecule has 3 rings (SSSR count). The van der Waals surface area contributed by atoms with Crippen LogP contribution in [0.15, 0.2) is 30.6 Å². The Hall–Kier alpha value is -1.72. The largest absolute Gasteiger partial charge is 0.381 e. The van der Waals surface area contributed by atoms with E-state index in [-0.39, 0.29) is 0 Å². The number of aryl methyl sites for hydroxylation is 1. The van der Waals surface area contributed by atoms with Crippen LogP contribution >= 0.6 is 0 Å². The maximum Gasteiger partial charge on any atom is 0.0736 e. The van der Waals surface area contributed by atoms with Crippen molar-refractivity contribution in [3.63, 3.8) is 0 Å². The van der Waals surface area contributed by atoms with E-state index in [4.69, 9.17) is 4.74 Å². The van der Waals surface area contributed by atoms with Gasteiger partial charge in [-0.25, -0.2) is 0 Å². The highest BCUT2D eigenvalue weighted by molar-refractivity contribution is 5.24. The van der Waals surface area contributed by atoms with Crippen LogP contribution in [-0.4, -0.2) is 39.4 Å². The third kappa shape index (κ3) is 3.31. The predicted octanol–water partition coefficient (Wildman–Crippen LogP) is 1.95. The summed E-state index contributed by atoms with van der Waals surface area (Å²) in [5.74, 6) is 0.346. The lowest BCUT2D eigenvalue weighted by Crippen LogP contribution is -2.35. The molecule has 0 saturated carbocycles. The predicted molar refractivity (Wildman–Crippen MR) is 80.8 cm³/mol. The van der Waals surface area contributed by atoms with Crippen LogP contribution in [0, 0.1) is 0 Å². The molecule has 112 valence electrons. The van der Waals surface area contributed by atoms with E-state index in [1.807, 2.05) is 37.0 Å². The Balaban J connectivity index is 1.76. The van der Waals surface area contributed by atoms with Crippen molar-refractivity contribution in [2.24, 2.45) is 7.05 Å². The molecule has 5 nitrogen and oxygen atoms in total. The van der Waals surface area contributed by atoms with Gasteiger partial charge in [-0.05, 0) is 19.1 Å². The summed E-state index contributed by atoms with van der Waals surface area (Å²) in [4.78, 5) is 6.85. The van der Waals surface area contributed by atoms with Gasteiger partial charge in [0, 0.05) is 57.2 Å². The Bertz CT molecular complexity index is 581. The highest BCUT2D eigenvalue weighted by Crippen LogP contribution is 2.28. The van der Waals surface area contributed by atoms with Gasteiger partial charge in [0.1, 0.15) is 0 Å². The van der Waals surface area contributed by atoms with Crippen molar-refractivity contribution in [3.05, 3.63) is 47.5 Å². The smallest absolute Gasteiger partial charge is 0.0736 e. The third-order valence-corrected chi connectivity index (χ3v) is 3.83. The van der Waals surface area contributed by atoms with Crippen LogP contribution in [0.25, 0.3) is 0 Å². The number of fused-ring (bicyclic) bond motifs is 1. The zero-order chi connectivity index (χ0) is 14.7. The second-order valence-corrected chi connectivity index (χ2v) is 5.56. The van der Waals surface area contributed by atoms with Crippen molar-refractivity contribution < 1.29 is 4.74 Å². The van der Waals surface area contributed by atoms with E-state index in [2.05, 4.69) is 27.2 Å². The summed E-state index contributed by atoms with van der Waals surface area (Å²) < 4.78 is 7.56. The van der Waals surface area contributed by atoms with Crippen molar-refractivity contribution >= 4 is 0 Å². The molecule has 0 fully saturated rings. The molecule has 2 aromatic rings. The van der Waals surface area contributed by atoms with Crippen molar-refractivity contribution in [2.45, 2.75) is 25.9 Å². The normalized spacial score (nSPS) is 18.7. The SMILES string of the molecule is CCOCC1CN(Cc2ccccn2)Cc2cn(C)nc21. The topological polar surface area (TPSA) is 43.2 Å².